The second-order valence-corrected chi connectivity index (χ2v) is 15.9. The average Bonchev–Trinajstić information content (AvgIpc) is 3.39. The number of carboxylic acids is 1. The Hall–Kier alpha value is -4.91. The number of rotatable bonds is 9. The molecule has 2 aliphatic carbocycles. The van der Waals surface area contributed by atoms with E-state index < -0.39 is 95.4 Å². The number of carbonyl (C=O) groups excluding carboxylic acids is 5. The topological polar surface area (TPSA) is 222 Å². The van der Waals surface area contributed by atoms with Crippen molar-refractivity contribution >= 4 is 35.8 Å². The molecule has 1 aromatic rings. The van der Waals surface area contributed by atoms with Crippen LogP contribution < -0.4 is 4.74 Å². The number of aromatic hydroxyl groups is 1. The summed E-state index contributed by atoms with van der Waals surface area (Å²) in [6.07, 6.45) is -8.73. The van der Waals surface area contributed by atoms with Crippen LogP contribution in [0.15, 0.2) is 24.0 Å². The normalized spacial score (nSPS) is 24.7. The number of phenols is 1. The summed E-state index contributed by atoms with van der Waals surface area (Å²) in [6, 6.07) is 3.06. The number of piperidine rings is 1. The molecule has 310 valence electrons. The highest BCUT2D eigenvalue weighted by molar-refractivity contribution is 5.89. The van der Waals surface area contributed by atoms with Crippen molar-refractivity contribution in [3.8, 4) is 11.5 Å². The van der Waals surface area contributed by atoms with Crippen molar-refractivity contribution in [1.29, 1.82) is 0 Å². The van der Waals surface area contributed by atoms with E-state index in [0.717, 1.165) is 12.5 Å². The predicted octanol–water partition coefficient (Wildman–Crippen LogP) is 3.15. The molecule has 5 rings (SSSR count). The van der Waals surface area contributed by atoms with Gasteiger partial charge in [-0.25, -0.2) is 14.4 Å². The van der Waals surface area contributed by atoms with Crippen LogP contribution in [-0.4, -0.2) is 117 Å². The molecule has 1 aromatic carbocycles. The number of phenolic OH excluding ortho intramolecular Hbond substituents is 1. The molecule has 19 heteroatoms. The molecule has 1 spiro atoms. The zero-order valence-electron chi connectivity index (χ0n) is 32.1. The lowest BCUT2D eigenvalue weighted by Crippen LogP contribution is -2.74. The Bertz CT molecular complexity index is 1800. The number of likely N-dealkylation sites (N-methyl/N-ethyl adjacent to an activating group) is 1. The van der Waals surface area contributed by atoms with Crippen molar-refractivity contribution in [2.75, 3.05) is 13.6 Å². The number of esters is 5. The quantitative estimate of drug-likeness (QED) is 0.241. The van der Waals surface area contributed by atoms with Crippen molar-refractivity contribution in [3.63, 3.8) is 0 Å². The zero-order valence-corrected chi connectivity index (χ0v) is 32.1. The number of benzene rings is 1. The minimum atomic E-state index is -5.08. The van der Waals surface area contributed by atoms with Crippen LogP contribution in [0.1, 0.15) is 85.3 Å². The van der Waals surface area contributed by atoms with Crippen LogP contribution in [0, 0.1) is 0 Å². The molecule has 0 radical (unpaired) electrons. The van der Waals surface area contributed by atoms with Crippen molar-refractivity contribution in [1.82, 2.24) is 4.90 Å². The predicted molar refractivity (Wildman–Crippen MR) is 183 cm³/mol. The maximum Gasteiger partial charge on any atom is 0.490 e. The molecular weight excluding hydrogens is 755 g/mol. The van der Waals surface area contributed by atoms with Crippen LogP contribution in [0.2, 0.25) is 0 Å². The van der Waals surface area contributed by atoms with E-state index in [-0.39, 0.29) is 29.7 Å². The Kier molecular flexibility index (Phi) is 12.2. The molecule has 0 saturated carbocycles. The monoisotopic (exact) mass is 801 g/mol. The summed E-state index contributed by atoms with van der Waals surface area (Å²) in [7, 11) is 1.94. The molecule has 2 unspecified atom stereocenters. The Morgan fingerprint density at radius 3 is 1.96 bits per heavy atom. The number of carboxylic acid groups (broad SMARTS) is 1. The fraction of sp³-hybridized carbons (Fsp3) is 0.622. The minimum Gasteiger partial charge on any atom is -0.504 e. The van der Waals surface area contributed by atoms with Gasteiger partial charge < -0.3 is 48.6 Å². The number of hydrogen-bond donors (Lipinski definition) is 3. The molecular formula is C37H46F3NO15. The molecule has 2 aliphatic heterocycles. The van der Waals surface area contributed by atoms with Crippen molar-refractivity contribution in [3.05, 3.63) is 35.1 Å². The van der Waals surface area contributed by atoms with Gasteiger partial charge >= 0.3 is 42.0 Å². The lowest BCUT2D eigenvalue weighted by atomic mass is 9.50. The molecule has 2 bridgehead atoms. The molecule has 3 N–H and O–H groups in total. The van der Waals surface area contributed by atoms with Crippen LogP contribution in [0.5, 0.6) is 11.5 Å². The van der Waals surface area contributed by atoms with E-state index in [0.29, 0.717) is 24.9 Å². The van der Waals surface area contributed by atoms with Crippen LogP contribution in [0.4, 0.5) is 13.2 Å². The lowest BCUT2D eigenvalue weighted by molar-refractivity contribution is -0.192. The Morgan fingerprint density at radius 1 is 0.929 bits per heavy atom. The standard InChI is InChI=1S/C35H45NO13.C2HF3O2/c1-18(37)44-22(16-25(39)48-32(2,3)4)30(41)46-23(17-26(40)49-33(5,6)7)31(42)45-21-11-12-35(43)24-15-19-9-10-20(38)28-27(19)34(35,29(21)47-28)13-14-36(24)8;3-2(4,5)1(6)7/h9-11,22-24,29,38,43H,12-17H2,1-8H3;(H,6,7)/t22?,23?,24-,29+,34+,35-;/m1./s1. The molecule has 2 heterocycles. The first kappa shape index (κ1) is 43.8. The highest BCUT2D eigenvalue weighted by Crippen LogP contribution is 2.65. The second kappa shape index (κ2) is 15.6. The molecule has 6 atom stereocenters. The average molecular weight is 802 g/mol. The van der Waals surface area contributed by atoms with Gasteiger partial charge in [-0.15, -0.1) is 0 Å². The summed E-state index contributed by atoms with van der Waals surface area (Å²) in [6.45, 7) is 11.3. The number of carbonyl (C=O) groups is 6. The van der Waals surface area contributed by atoms with E-state index >= 15 is 0 Å². The number of aliphatic hydroxyl groups is 1. The zero-order chi connectivity index (χ0) is 42.3. The number of aliphatic carboxylic acids is 1. The van der Waals surface area contributed by atoms with Crippen molar-refractivity contribution < 1.29 is 85.7 Å². The number of ether oxygens (including phenoxy) is 6. The first-order valence-electron chi connectivity index (χ1n) is 17.6. The summed E-state index contributed by atoms with van der Waals surface area (Å²) >= 11 is 0. The number of alkyl halides is 3. The van der Waals surface area contributed by atoms with Gasteiger partial charge in [-0.2, -0.15) is 13.2 Å². The number of likely N-dealkylation sites (tertiary alicyclic amines) is 1. The Labute approximate surface area is 319 Å². The maximum atomic E-state index is 13.9. The van der Waals surface area contributed by atoms with Crippen LogP contribution in [0.25, 0.3) is 0 Å². The molecule has 0 amide bonds. The summed E-state index contributed by atoms with van der Waals surface area (Å²) < 4.78 is 65.0. The smallest absolute Gasteiger partial charge is 0.490 e. The van der Waals surface area contributed by atoms with Gasteiger partial charge in [0.1, 0.15) is 17.0 Å². The highest BCUT2D eigenvalue weighted by atomic mass is 19.4. The van der Waals surface area contributed by atoms with Gasteiger partial charge in [0.05, 0.1) is 23.9 Å². The lowest BCUT2D eigenvalue weighted by Gasteiger charge is -2.61. The molecule has 0 aromatic heterocycles. The van der Waals surface area contributed by atoms with Crippen LogP contribution >= 0.6 is 0 Å². The van der Waals surface area contributed by atoms with Gasteiger partial charge in [0.25, 0.3) is 0 Å². The summed E-state index contributed by atoms with van der Waals surface area (Å²) in [5.74, 6) is -7.79. The van der Waals surface area contributed by atoms with E-state index in [1.807, 2.05) is 13.1 Å². The second-order valence-electron chi connectivity index (χ2n) is 15.9. The maximum absolute atomic E-state index is 13.9. The molecule has 16 nitrogen and oxygen atoms in total. The first-order valence-corrected chi connectivity index (χ1v) is 17.6. The first-order chi connectivity index (χ1) is 25.6. The number of halogens is 3. The molecule has 1 fully saturated rings. The third kappa shape index (κ3) is 9.20. The van der Waals surface area contributed by atoms with E-state index in [4.69, 9.17) is 38.3 Å². The Balaban J connectivity index is 0.000000908. The third-order valence-electron chi connectivity index (χ3n) is 9.45. The fourth-order valence-corrected chi connectivity index (χ4v) is 7.45. The van der Waals surface area contributed by atoms with Gasteiger partial charge in [0.2, 0.25) is 12.2 Å². The largest absolute Gasteiger partial charge is 0.504 e. The Morgan fingerprint density at radius 2 is 1.46 bits per heavy atom. The number of hydrogen-bond acceptors (Lipinski definition) is 15. The van der Waals surface area contributed by atoms with Crippen molar-refractivity contribution in [2.24, 2.45) is 0 Å². The van der Waals surface area contributed by atoms with Crippen LogP contribution in [-0.2, 0) is 64.3 Å². The molecule has 56 heavy (non-hydrogen) atoms. The van der Waals surface area contributed by atoms with Gasteiger partial charge in [-0.3, -0.25) is 14.4 Å². The van der Waals surface area contributed by atoms with E-state index in [1.165, 1.54) is 12.1 Å². The van der Waals surface area contributed by atoms with E-state index in [9.17, 15) is 47.4 Å². The van der Waals surface area contributed by atoms with Crippen LogP contribution in [0.3, 0.4) is 0 Å². The van der Waals surface area contributed by atoms with Gasteiger partial charge in [0.15, 0.2) is 17.6 Å². The number of nitrogens with zero attached hydrogens (tertiary/aromatic N) is 1. The van der Waals surface area contributed by atoms with E-state index in [2.05, 4.69) is 4.90 Å². The van der Waals surface area contributed by atoms with Crippen molar-refractivity contribution in [2.45, 2.75) is 133 Å². The summed E-state index contributed by atoms with van der Waals surface area (Å²) in [5, 5.41) is 30.3. The summed E-state index contributed by atoms with van der Waals surface area (Å²) in [5.41, 5.74) is -2.67. The van der Waals surface area contributed by atoms with Gasteiger partial charge in [-0.05, 0) is 85.7 Å². The molecule has 4 aliphatic rings. The molecule has 1 saturated heterocycles. The third-order valence-corrected chi connectivity index (χ3v) is 9.45. The van der Waals surface area contributed by atoms with E-state index in [1.54, 1.807) is 41.5 Å². The highest BCUT2D eigenvalue weighted by Gasteiger charge is 2.72. The SMILES string of the molecule is CC(=O)OC(CC(=O)OC(C)(C)C)C(=O)OC(CC(=O)OC(C)(C)C)C(=O)OC1=CC[C@@]2(O)[C@H]3Cc4ccc(O)c5c4[C@@]2(CCN3C)[C@H]1O5.O=C(O)C(F)(F)F. The minimum absolute atomic E-state index is 0.0111. The van der Waals surface area contributed by atoms with Gasteiger partial charge in [-0.1, -0.05) is 6.07 Å². The fourth-order valence-electron chi connectivity index (χ4n) is 7.45. The summed E-state index contributed by atoms with van der Waals surface area (Å²) in [4.78, 5) is 75.5. The van der Waals surface area contributed by atoms with Gasteiger partial charge in [0, 0.05) is 24.9 Å².